The molecule has 0 radical (unpaired) electrons. The van der Waals surface area contributed by atoms with Crippen LogP contribution in [0.15, 0.2) is 24.3 Å². The third-order valence-electron chi connectivity index (χ3n) is 2.58. The summed E-state index contributed by atoms with van der Waals surface area (Å²) >= 11 is 0. The summed E-state index contributed by atoms with van der Waals surface area (Å²) in [4.78, 5) is 0. The minimum absolute atomic E-state index is 0.211. The van der Waals surface area contributed by atoms with Gasteiger partial charge in [-0.3, -0.25) is 0 Å². The van der Waals surface area contributed by atoms with Crippen LogP contribution in [-0.4, -0.2) is 38.0 Å². The molecule has 0 amide bonds. The third-order valence-corrected chi connectivity index (χ3v) is 2.58. The Balaban J connectivity index is 2.10. The Bertz CT molecular complexity index is 329. The molecule has 0 fully saturated rings. The molecule has 1 unspecified atom stereocenters. The number of benzene rings is 1. The number of aliphatic hydroxyl groups excluding tert-OH is 1. The van der Waals surface area contributed by atoms with Crippen molar-refractivity contribution in [3.05, 3.63) is 24.3 Å². The van der Waals surface area contributed by atoms with Crippen molar-refractivity contribution in [1.82, 2.24) is 5.32 Å². The van der Waals surface area contributed by atoms with Gasteiger partial charge in [-0.2, -0.15) is 0 Å². The van der Waals surface area contributed by atoms with Crippen LogP contribution in [0.25, 0.3) is 0 Å². The molecule has 0 aliphatic heterocycles. The first-order chi connectivity index (χ1) is 8.74. The minimum atomic E-state index is -0.211. The highest BCUT2D eigenvalue weighted by atomic mass is 16.5. The largest absolute Gasteiger partial charge is 0.493 e. The maximum atomic E-state index is 9.10. The van der Waals surface area contributed by atoms with E-state index >= 15 is 0 Å². The highest BCUT2D eigenvalue weighted by Crippen LogP contribution is 2.25. The molecule has 0 spiro atoms. The SMILES string of the molecule is COc1ccccc1OCCNCCCC(C)O. The van der Waals surface area contributed by atoms with Crippen LogP contribution in [0.3, 0.4) is 0 Å². The minimum Gasteiger partial charge on any atom is -0.493 e. The lowest BCUT2D eigenvalue weighted by atomic mass is 10.2. The number of nitrogens with one attached hydrogen (secondary N) is 1. The van der Waals surface area contributed by atoms with E-state index in [1.807, 2.05) is 31.2 Å². The monoisotopic (exact) mass is 253 g/mol. The molecule has 0 heterocycles. The average Bonchev–Trinajstić information content (AvgIpc) is 2.37. The fourth-order valence-electron chi connectivity index (χ4n) is 1.62. The lowest BCUT2D eigenvalue weighted by Gasteiger charge is -2.11. The fraction of sp³-hybridized carbons (Fsp3) is 0.571. The lowest BCUT2D eigenvalue weighted by Crippen LogP contribution is -2.22. The number of hydrogen-bond donors (Lipinski definition) is 2. The van der Waals surface area contributed by atoms with E-state index in [-0.39, 0.29) is 6.10 Å². The molecule has 4 nitrogen and oxygen atoms in total. The van der Waals surface area contributed by atoms with Crippen molar-refractivity contribution < 1.29 is 14.6 Å². The zero-order chi connectivity index (χ0) is 13.2. The van der Waals surface area contributed by atoms with E-state index in [4.69, 9.17) is 14.6 Å². The molecule has 0 bridgehead atoms. The molecule has 0 saturated carbocycles. The van der Waals surface area contributed by atoms with Gasteiger partial charge in [-0.15, -0.1) is 0 Å². The second kappa shape index (κ2) is 8.78. The van der Waals surface area contributed by atoms with Crippen LogP contribution in [-0.2, 0) is 0 Å². The zero-order valence-electron chi connectivity index (χ0n) is 11.2. The molecule has 0 aliphatic rings. The maximum Gasteiger partial charge on any atom is 0.161 e. The van der Waals surface area contributed by atoms with Gasteiger partial charge in [0.25, 0.3) is 0 Å². The van der Waals surface area contributed by atoms with Gasteiger partial charge in [-0.1, -0.05) is 12.1 Å². The molecular weight excluding hydrogens is 230 g/mol. The summed E-state index contributed by atoms with van der Waals surface area (Å²) in [6.45, 7) is 4.11. The molecular formula is C14H23NO3. The molecule has 4 heteroatoms. The number of ether oxygens (including phenoxy) is 2. The molecule has 102 valence electrons. The van der Waals surface area contributed by atoms with Crippen LogP contribution < -0.4 is 14.8 Å². The van der Waals surface area contributed by atoms with Gasteiger partial charge in [0, 0.05) is 6.54 Å². The first kappa shape index (κ1) is 14.8. The topological polar surface area (TPSA) is 50.7 Å². The van der Waals surface area contributed by atoms with Crippen LogP contribution in [0.5, 0.6) is 11.5 Å². The number of rotatable bonds is 9. The van der Waals surface area contributed by atoms with Gasteiger partial charge in [-0.05, 0) is 38.4 Å². The first-order valence-corrected chi connectivity index (χ1v) is 6.38. The van der Waals surface area contributed by atoms with E-state index in [0.29, 0.717) is 6.61 Å². The number of methoxy groups -OCH3 is 1. The summed E-state index contributed by atoms with van der Waals surface area (Å²) in [6, 6.07) is 7.62. The van der Waals surface area contributed by atoms with Crippen molar-refractivity contribution in [3.8, 4) is 11.5 Å². The van der Waals surface area contributed by atoms with Gasteiger partial charge in [0.1, 0.15) is 6.61 Å². The Labute approximate surface area is 109 Å². The van der Waals surface area contributed by atoms with Crippen LogP contribution in [0.1, 0.15) is 19.8 Å². The number of hydrogen-bond acceptors (Lipinski definition) is 4. The third kappa shape index (κ3) is 5.89. The smallest absolute Gasteiger partial charge is 0.161 e. The van der Waals surface area contributed by atoms with Crippen LogP contribution in [0, 0.1) is 0 Å². The highest BCUT2D eigenvalue weighted by molar-refractivity contribution is 5.39. The van der Waals surface area contributed by atoms with Crippen molar-refractivity contribution in [2.45, 2.75) is 25.9 Å². The van der Waals surface area contributed by atoms with Crippen LogP contribution in [0.2, 0.25) is 0 Å². The second-order valence-corrected chi connectivity index (χ2v) is 4.24. The zero-order valence-corrected chi connectivity index (χ0v) is 11.2. The van der Waals surface area contributed by atoms with Crippen molar-refractivity contribution in [2.75, 3.05) is 26.8 Å². The molecule has 1 aromatic rings. The van der Waals surface area contributed by atoms with E-state index < -0.39 is 0 Å². The van der Waals surface area contributed by atoms with E-state index in [9.17, 15) is 0 Å². The quantitative estimate of drug-likeness (QED) is 0.659. The molecule has 0 aliphatic carbocycles. The Kier molecular flexibility index (Phi) is 7.22. The summed E-state index contributed by atoms with van der Waals surface area (Å²) in [5.41, 5.74) is 0. The summed E-state index contributed by atoms with van der Waals surface area (Å²) in [7, 11) is 1.64. The average molecular weight is 253 g/mol. The fourth-order valence-corrected chi connectivity index (χ4v) is 1.62. The van der Waals surface area contributed by atoms with Gasteiger partial charge >= 0.3 is 0 Å². The predicted molar refractivity (Wildman–Crippen MR) is 72.3 cm³/mol. The number of para-hydroxylation sites is 2. The van der Waals surface area contributed by atoms with E-state index in [1.165, 1.54) is 0 Å². The van der Waals surface area contributed by atoms with Gasteiger partial charge in [0.2, 0.25) is 0 Å². The first-order valence-electron chi connectivity index (χ1n) is 6.38. The Hall–Kier alpha value is -1.26. The molecule has 0 aromatic heterocycles. The van der Waals surface area contributed by atoms with E-state index in [0.717, 1.165) is 37.4 Å². The lowest BCUT2D eigenvalue weighted by molar-refractivity contribution is 0.181. The van der Waals surface area contributed by atoms with Crippen molar-refractivity contribution in [1.29, 1.82) is 0 Å². The van der Waals surface area contributed by atoms with Gasteiger partial charge in [-0.25, -0.2) is 0 Å². The number of aliphatic hydroxyl groups is 1. The van der Waals surface area contributed by atoms with Crippen molar-refractivity contribution in [3.63, 3.8) is 0 Å². The summed E-state index contributed by atoms with van der Waals surface area (Å²) in [5, 5.41) is 12.4. The van der Waals surface area contributed by atoms with Crippen molar-refractivity contribution in [2.24, 2.45) is 0 Å². The van der Waals surface area contributed by atoms with Gasteiger partial charge < -0.3 is 19.9 Å². The summed E-state index contributed by atoms with van der Waals surface area (Å²) in [6.07, 6.45) is 1.60. The molecule has 1 atom stereocenters. The summed E-state index contributed by atoms with van der Waals surface area (Å²) in [5.74, 6) is 1.53. The second-order valence-electron chi connectivity index (χ2n) is 4.24. The van der Waals surface area contributed by atoms with Gasteiger partial charge in [0.15, 0.2) is 11.5 Å². The molecule has 2 N–H and O–H groups in total. The highest BCUT2D eigenvalue weighted by Gasteiger charge is 2.01. The summed E-state index contributed by atoms with van der Waals surface area (Å²) < 4.78 is 10.8. The normalized spacial score (nSPS) is 12.2. The molecule has 1 aromatic carbocycles. The maximum absolute atomic E-state index is 9.10. The standard InChI is InChI=1S/C14H23NO3/c1-12(16)6-5-9-15-10-11-18-14-8-4-3-7-13(14)17-2/h3-4,7-8,12,15-16H,5-6,9-11H2,1-2H3. The Morgan fingerprint density at radius 2 is 1.94 bits per heavy atom. The van der Waals surface area contributed by atoms with Gasteiger partial charge in [0.05, 0.1) is 13.2 Å². The van der Waals surface area contributed by atoms with Crippen LogP contribution >= 0.6 is 0 Å². The van der Waals surface area contributed by atoms with E-state index in [2.05, 4.69) is 5.32 Å². The van der Waals surface area contributed by atoms with Crippen molar-refractivity contribution >= 4 is 0 Å². The van der Waals surface area contributed by atoms with Crippen LogP contribution in [0.4, 0.5) is 0 Å². The Morgan fingerprint density at radius 3 is 2.61 bits per heavy atom. The Morgan fingerprint density at radius 1 is 1.22 bits per heavy atom. The molecule has 18 heavy (non-hydrogen) atoms. The predicted octanol–water partition coefficient (Wildman–Crippen LogP) is 1.82. The molecule has 1 rings (SSSR count). The molecule has 0 saturated heterocycles. The van der Waals surface area contributed by atoms with E-state index in [1.54, 1.807) is 7.11 Å².